The highest BCUT2D eigenvalue weighted by Crippen LogP contribution is 2.41. The predicted octanol–water partition coefficient (Wildman–Crippen LogP) is 2.68. The molecule has 1 aromatic rings. The number of likely N-dealkylation sites (tertiary alicyclic amines) is 1. The van der Waals surface area contributed by atoms with E-state index in [1.807, 2.05) is 0 Å². The minimum Gasteiger partial charge on any atom is -0.501 e. The Kier molecular flexibility index (Phi) is 3.61. The molecule has 120 valence electrons. The first-order valence-corrected chi connectivity index (χ1v) is 7.49. The second-order valence-corrected chi connectivity index (χ2v) is 6.27. The van der Waals surface area contributed by atoms with Crippen LogP contribution in [0, 0.1) is 0 Å². The molecular weight excluding hydrogens is 345 g/mol. The zero-order valence-corrected chi connectivity index (χ0v) is 13.4. The summed E-state index contributed by atoms with van der Waals surface area (Å²) in [5.41, 5.74) is -1.32. The minimum atomic E-state index is -1.63. The Labute approximate surface area is 141 Å². The van der Waals surface area contributed by atoms with E-state index in [4.69, 9.17) is 27.9 Å². The van der Waals surface area contributed by atoms with Gasteiger partial charge < -0.3 is 9.84 Å². The third-order valence-electron chi connectivity index (χ3n) is 3.82. The van der Waals surface area contributed by atoms with Crippen LogP contribution in [0.3, 0.4) is 0 Å². The van der Waals surface area contributed by atoms with Gasteiger partial charge in [0.2, 0.25) is 17.6 Å². The lowest BCUT2D eigenvalue weighted by Gasteiger charge is -2.25. The van der Waals surface area contributed by atoms with Crippen molar-refractivity contribution in [3.05, 3.63) is 45.5 Å². The van der Waals surface area contributed by atoms with Crippen molar-refractivity contribution in [2.75, 3.05) is 0 Å². The molecule has 1 unspecified atom stereocenters. The summed E-state index contributed by atoms with van der Waals surface area (Å²) < 4.78 is 5.54. The second-order valence-electron chi connectivity index (χ2n) is 5.40. The number of aliphatic hydroxyl groups is 1. The van der Waals surface area contributed by atoms with E-state index in [1.165, 1.54) is 25.1 Å². The van der Waals surface area contributed by atoms with Crippen LogP contribution in [-0.4, -0.2) is 27.6 Å². The molecule has 0 aromatic heterocycles. The molecule has 0 saturated carbocycles. The average molecular weight is 356 g/mol. The predicted molar refractivity (Wildman–Crippen MR) is 80.6 cm³/mol. The van der Waals surface area contributed by atoms with Gasteiger partial charge in [0, 0.05) is 28.5 Å². The fraction of sp³-hybridized carbons (Fsp3) is 0.267. The summed E-state index contributed by atoms with van der Waals surface area (Å²) in [6.07, 6.45) is 0.0136. The molecule has 8 heteroatoms. The Hall–Kier alpha value is -2.05. The number of carbonyl (C=O) groups excluding carboxylic acids is 3. The van der Waals surface area contributed by atoms with Crippen molar-refractivity contribution in [3.8, 4) is 0 Å². The van der Waals surface area contributed by atoms with Crippen molar-refractivity contribution in [2.45, 2.75) is 25.4 Å². The number of rotatable bonds is 2. The monoisotopic (exact) mass is 355 g/mol. The van der Waals surface area contributed by atoms with Gasteiger partial charge in [-0.1, -0.05) is 23.2 Å². The molecule has 1 fully saturated rings. The molecular formula is C15H11Cl2NO5. The number of hydrogen-bond donors (Lipinski definition) is 1. The molecule has 6 nitrogen and oxygen atoms in total. The number of amides is 2. The zero-order chi connectivity index (χ0) is 16.9. The molecule has 2 amide bonds. The molecule has 1 aromatic carbocycles. The lowest BCUT2D eigenvalue weighted by molar-refractivity contribution is -0.144. The number of aliphatic hydroxyl groups excluding tert-OH is 1. The van der Waals surface area contributed by atoms with E-state index in [-0.39, 0.29) is 22.9 Å². The quantitative estimate of drug-likeness (QED) is 0.824. The smallest absolute Gasteiger partial charge is 0.252 e. The number of ketones is 1. The number of hydrogen-bond acceptors (Lipinski definition) is 5. The maximum absolute atomic E-state index is 12.5. The standard InChI is InChI=1S/C15H11Cl2NO5/c1-15(7-4-8(16)6-9(17)5-7)13(22)12(21)14(23-15)18-10(19)2-3-11(18)20/h4-6,21H,2-3H2,1H3. The number of halogens is 2. The van der Waals surface area contributed by atoms with Crippen LogP contribution in [0.25, 0.3) is 0 Å². The summed E-state index contributed by atoms with van der Waals surface area (Å²) in [6.45, 7) is 1.41. The number of benzene rings is 1. The maximum Gasteiger partial charge on any atom is 0.252 e. The van der Waals surface area contributed by atoms with Crippen LogP contribution in [-0.2, 0) is 24.7 Å². The summed E-state index contributed by atoms with van der Waals surface area (Å²) in [4.78, 5) is 36.8. The average Bonchev–Trinajstić information content (AvgIpc) is 2.91. The van der Waals surface area contributed by atoms with Crippen LogP contribution in [0.1, 0.15) is 25.3 Å². The Morgan fingerprint density at radius 2 is 1.61 bits per heavy atom. The van der Waals surface area contributed by atoms with Gasteiger partial charge in [-0.2, -0.15) is 0 Å². The summed E-state index contributed by atoms with van der Waals surface area (Å²) in [6, 6.07) is 4.42. The largest absolute Gasteiger partial charge is 0.501 e. The summed E-state index contributed by atoms with van der Waals surface area (Å²) in [5.74, 6) is -3.05. The molecule has 2 aliphatic rings. The van der Waals surface area contributed by atoms with E-state index in [0.717, 1.165) is 0 Å². The van der Waals surface area contributed by atoms with Crippen LogP contribution in [0.4, 0.5) is 0 Å². The van der Waals surface area contributed by atoms with Gasteiger partial charge in [0.25, 0.3) is 11.7 Å². The summed E-state index contributed by atoms with van der Waals surface area (Å²) in [7, 11) is 0. The molecule has 1 saturated heterocycles. The Balaban J connectivity index is 2.04. The van der Waals surface area contributed by atoms with Gasteiger partial charge in [-0.05, 0) is 25.1 Å². The second kappa shape index (κ2) is 5.25. The zero-order valence-electron chi connectivity index (χ0n) is 11.9. The van der Waals surface area contributed by atoms with Crippen LogP contribution >= 0.6 is 23.2 Å². The first-order valence-electron chi connectivity index (χ1n) is 6.73. The summed E-state index contributed by atoms with van der Waals surface area (Å²) in [5, 5.41) is 10.6. The molecule has 0 spiro atoms. The highest BCUT2D eigenvalue weighted by atomic mass is 35.5. The topological polar surface area (TPSA) is 83.9 Å². The SMILES string of the molecule is CC1(c2cc(Cl)cc(Cl)c2)OC(N2C(=O)CCC2=O)=C(O)C1=O. The molecule has 0 aliphatic carbocycles. The fourth-order valence-corrected chi connectivity index (χ4v) is 3.11. The van der Waals surface area contributed by atoms with E-state index in [0.29, 0.717) is 10.5 Å². The van der Waals surface area contributed by atoms with Crippen molar-refractivity contribution in [1.29, 1.82) is 0 Å². The van der Waals surface area contributed by atoms with Gasteiger partial charge >= 0.3 is 0 Å². The number of nitrogens with zero attached hydrogens (tertiary/aromatic N) is 1. The molecule has 1 N–H and O–H groups in total. The third kappa shape index (κ3) is 2.38. The molecule has 23 heavy (non-hydrogen) atoms. The van der Waals surface area contributed by atoms with Crippen LogP contribution in [0.15, 0.2) is 29.8 Å². The lowest BCUT2D eigenvalue weighted by atomic mass is 9.92. The highest BCUT2D eigenvalue weighted by molar-refractivity contribution is 6.34. The van der Waals surface area contributed by atoms with Crippen LogP contribution in [0.2, 0.25) is 10.0 Å². The normalized spacial score (nSPS) is 24.7. The first-order chi connectivity index (χ1) is 10.7. The van der Waals surface area contributed by atoms with Gasteiger partial charge in [-0.25, -0.2) is 4.90 Å². The Morgan fingerprint density at radius 3 is 2.13 bits per heavy atom. The Bertz CT molecular complexity index is 752. The van der Waals surface area contributed by atoms with Crippen molar-refractivity contribution in [1.82, 2.24) is 4.90 Å². The van der Waals surface area contributed by atoms with Crippen molar-refractivity contribution < 1.29 is 24.2 Å². The number of carbonyl (C=O) groups is 3. The van der Waals surface area contributed by atoms with Crippen molar-refractivity contribution in [2.24, 2.45) is 0 Å². The van der Waals surface area contributed by atoms with E-state index < -0.39 is 34.8 Å². The lowest BCUT2D eigenvalue weighted by Crippen LogP contribution is -2.33. The van der Waals surface area contributed by atoms with Crippen molar-refractivity contribution in [3.63, 3.8) is 0 Å². The van der Waals surface area contributed by atoms with E-state index in [2.05, 4.69) is 0 Å². The highest BCUT2D eigenvalue weighted by Gasteiger charge is 2.52. The number of Topliss-reactive ketones (excluding diaryl/α,β-unsaturated/α-hetero) is 1. The van der Waals surface area contributed by atoms with Crippen LogP contribution in [0.5, 0.6) is 0 Å². The molecule has 0 radical (unpaired) electrons. The minimum absolute atomic E-state index is 0.00682. The van der Waals surface area contributed by atoms with Crippen molar-refractivity contribution >= 4 is 40.8 Å². The van der Waals surface area contributed by atoms with Gasteiger partial charge in [0.15, 0.2) is 5.60 Å². The molecule has 2 aliphatic heterocycles. The number of imide groups is 1. The molecule has 1 atom stereocenters. The van der Waals surface area contributed by atoms with Gasteiger partial charge in [0.05, 0.1) is 0 Å². The van der Waals surface area contributed by atoms with Gasteiger partial charge in [-0.15, -0.1) is 0 Å². The molecule has 2 heterocycles. The third-order valence-corrected chi connectivity index (χ3v) is 4.26. The van der Waals surface area contributed by atoms with E-state index in [1.54, 1.807) is 0 Å². The molecule has 3 rings (SSSR count). The van der Waals surface area contributed by atoms with Gasteiger partial charge in [-0.3, -0.25) is 14.4 Å². The number of ether oxygens (including phenoxy) is 1. The van der Waals surface area contributed by atoms with Gasteiger partial charge in [0.1, 0.15) is 0 Å². The first kappa shape index (κ1) is 15.8. The Morgan fingerprint density at radius 1 is 1.09 bits per heavy atom. The van der Waals surface area contributed by atoms with Crippen LogP contribution < -0.4 is 0 Å². The summed E-state index contributed by atoms with van der Waals surface area (Å²) >= 11 is 11.9. The molecule has 0 bridgehead atoms. The van der Waals surface area contributed by atoms with E-state index in [9.17, 15) is 19.5 Å². The fourth-order valence-electron chi connectivity index (χ4n) is 2.59. The van der Waals surface area contributed by atoms with E-state index >= 15 is 0 Å². The maximum atomic E-state index is 12.5.